The minimum atomic E-state index is 0.0396. The second kappa shape index (κ2) is 8.54. The molecule has 0 aromatic rings. The van der Waals surface area contributed by atoms with E-state index in [0.29, 0.717) is 5.91 Å². The van der Waals surface area contributed by atoms with Crippen LogP contribution in [0.4, 0.5) is 0 Å². The Kier molecular flexibility index (Phi) is 7.39. The molecule has 19 heavy (non-hydrogen) atoms. The van der Waals surface area contributed by atoms with Gasteiger partial charge in [0.2, 0.25) is 5.91 Å². The summed E-state index contributed by atoms with van der Waals surface area (Å²) in [7, 11) is 0. The molecule has 0 radical (unpaired) electrons. The van der Waals surface area contributed by atoms with Crippen LogP contribution in [-0.4, -0.2) is 54.1 Å². The summed E-state index contributed by atoms with van der Waals surface area (Å²) in [6, 6.07) is 0.0396. The molecule has 0 aromatic heterocycles. The van der Waals surface area contributed by atoms with Gasteiger partial charge in [0, 0.05) is 13.1 Å². The van der Waals surface area contributed by atoms with Crippen LogP contribution in [0.25, 0.3) is 0 Å². The first kappa shape index (κ1) is 16.4. The van der Waals surface area contributed by atoms with E-state index >= 15 is 0 Å². The lowest BCUT2D eigenvalue weighted by Crippen LogP contribution is -2.42. The summed E-state index contributed by atoms with van der Waals surface area (Å²) in [5.74, 6) is 0.300. The Balaban J connectivity index is 2.54. The van der Waals surface area contributed by atoms with Crippen LogP contribution in [-0.2, 0) is 4.79 Å². The van der Waals surface area contributed by atoms with E-state index in [1.807, 2.05) is 0 Å². The van der Waals surface area contributed by atoms with E-state index in [1.54, 1.807) is 0 Å². The monoisotopic (exact) mass is 269 g/mol. The molecule has 2 unspecified atom stereocenters. The lowest BCUT2D eigenvalue weighted by Gasteiger charge is -2.27. The number of nitrogens with zero attached hydrogens (tertiary/aromatic N) is 2. The van der Waals surface area contributed by atoms with Crippen LogP contribution >= 0.6 is 0 Å². The second-order valence-electron chi connectivity index (χ2n) is 5.40. The van der Waals surface area contributed by atoms with Gasteiger partial charge in [0.05, 0.1) is 12.2 Å². The highest BCUT2D eigenvalue weighted by Crippen LogP contribution is 2.16. The highest BCUT2D eigenvalue weighted by molar-refractivity contribution is 5.84. The summed E-state index contributed by atoms with van der Waals surface area (Å²) in [5, 5.41) is 3.47. The van der Waals surface area contributed by atoms with Crippen molar-refractivity contribution in [2.24, 2.45) is 0 Å². The highest BCUT2D eigenvalue weighted by atomic mass is 16.2. The maximum atomic E-state index is 12.3. The molecule has 2 atom stereocenters. The van der Waals surface area contributed by atoms with Gasteiger partial charge >= 0.3 is 0 Å². The molecule has 1 aliphatic heterocycles. The van der Waals surface area contributed by atoms with Crippen molar-refractivity contribution >= 4 is 5.91 Å². The van der Waals surface area contributed by atoms with Gasteiger partial charge in [-0.2, -0.15) is 0 Å². The van der Waals surface area contributed by atoms with Gasteiger partial charge in [0.1, 0.15) is 0 Å². The summed E-state index contributed by atoms with van der Waals surface area (Å²) in [5.41, 5.74) is 0. The van der Waals surface area contributed by atoms with Crippen LogP contribution in [0.15, 0.2) is 0 Å². The Labute approximate surface area is 118 Å². The third-order valence-corrected chi connectivity index (χ3v) is 3.97. The molecule has 1 rings (SSSR count). The van der Waals surface area contributed by atoms with Crippen molar-refractivity contribution in [1.82, 2.24) is 15.1 Å². The van der Waals surface area contributed by atoms with Gasteiger partial charge in [-0.1, -0.05) is 34.1 Å². The predicted octanol–water partition coefficient (Wildman–Crippen LogP) is 2.05. The highest BCUT2D eigenvalue weighted by Gasteiger charge is 2.36. The molecular formula is C15H31N3O. The largest absolute Gasteiger partial charge is 0.325 e. The van der Waals surface area contributed by atoms with E-state index in [0.717, 1.165) is 45.4 Å². The zero-order valence-corrected chi connectivity index (χ0v) is 13.1. The minimum Gasteiger partial charge on any atom is -0.325 e. The van der Waals surface area contributed by atoms with Crippen LogP contribution in [0.3, 0.4) is 0 Å². The molecule has 4 nitrogen and oxygen atoms in total. The summed E-state index contributed by atoms with van der Waals surface area (Å²) in [6.45, 7) is 12.7. The van der Waals surface area contributed by atoms with Crippen LogP contribution < -0.4 is 5.32 Å². The molecule has 0 saturated carbocycles. The summed E-state index contributed by atoms with van der Waals surface area (Å²) in [6.07, 6.45) is 4.49. The first-order valence-corrected chi connectivity index (χ1v) is 7.96. The normalized spacial score (nSPS) is 23.6. The van der Waals surface area contributed by atoms with E-state index in [4.69, 9.17) is 0 Å². The Bertz CT molecular complexity index is 270. The number of amides is 1. The average Bonchev–Trinajstić information content (AvgIpc) is 2.71. The SMILES string of the molecule is CCCC1NC(CC)C(=O)N1CCN(CC)CCC. The number of nitrogens with one attached hydrogen (secondary N) is 1. The number of carbonyl (C=O) groups excluding carboxylic acids is 1. The molecule has 112 valence electrons. The lowest BCUT2D eigenvalue weighted by atomic mass is 10.2. The Morgan fingerprint density at radius 3 is 2.42 bits per heavy atom. The minimum absolute atomic E-state index is 0.0396. The van der Waals surface area contributed by atoms with Gasteiger partial charge in [-0.15, -0.1) is 0 Å². The second-order valence-corrected chi connectivity index (χ2v) is 5.40. The Hall–Kier alpha value is -0.610. The predicted molar refractivity (Wildman–Crippen MR) is 80.0 cm³/mol. The van der Waals surface area contributed by atoms with Crippen molar-refractivity contribution in [3.05, 3.63) is 0 Å². The number of rotatable bonds is 9. The van der Waals surface area contributed by atoms with Crippen molar-refractivity contribution in [3.63, 3.8) is 0 Å². The number of hydrogen-bond acceptors (Lipinski definition) is 3. The molecule has 1 aliphatic rings. The van der Waals surface area contributed by atoms with Crippen LogP contribution in [0.5, 0.6) is 0 Å². The number of likely N-dealkylation sites (N-methyl/N-ethyl adjacent to an activating group) is 1. The molecule has 0 spiro atoms. The van der Waals surface area contributed by atoms with E-state index in [1.165, 1.54) is 6.42 Å². The molecule has 0 aliphatic carbocycles. The van der Waals surface area contributed by atoms with Gasteiger partial charge in [-0.05, 0) is 32.4 Å². The zero-order valence-electron chi connectivity index (χ0n) is 13.1. The molecule has 4 heteroatoms. The summed E-state index contributed by atoms with van der Waals surface area (Å²) < 4.78 is 0. The fourth-order valence-electron chi connectivity index (χ4n) is 2.81. The molecule has 1 N–H and O–H groups in total. The van der Waals surface area contributed by atoms with Gasteiger partial charge < -0.3 is 9.80 Å². The first-order chi connectivity index (χ1) is 9.17. The Morgan fingerprint density at radius 1 is 1.16 bits per heavy atom. The van der Waals surface area contributed by atoms with E-state index in [2.05, 4.69) is 42.8 Å². The lowest BCUT2D eigenvalue weighted by molar-refractivity contribution is -0.130. The average molecular weight is 269 g/mol. The van der Waals surface area contributed by atoms with Crippen molar-refractivity contribution in [2.75, 3.05) is 26.2 Å². The maximum absolute atomic E-state index is 12.3. The quantitative estimate of drug-likeness (QED) is 0.696. The zero-order chi connectivity index (χ0) is 14.3. The smallest absolute Gasteiger partial charge is 0.241 e. The van der Waals surface area contributed by atoms with E-state index in [-0.39, 0.29) is 12.2 Å². The fourth-order valence-corrected chi connectivity index (χ4v) is 2.81. The molecule has 0 bridgehead atoms. The third-order valence-electron chi connectivity index (χ3n) is 3.97. The Morgan fingerprint density at radius 2 is 1.89 bits per heavy atom. The van der Waals surface area contributed by atoms with E-state index < -0.39 is 0 Å². The van der Waals surface area contributed by atoms with Crippen LogP contribution in [0, 0.1) is 0 Å². The summed E-state index contributed by atoms with van der Waals surface area (Å²) in [4.78, 5) is 16.8. The van der Waals surface area contributed by atoms with E-state index in [9.17, 15) is 4.79 Å². The standard InChI is InChI=1S/C15H31N3O/c1-5-9-14-16-13(7-3)15(19)18(14)12-11-17(8-4)10-6-2/h13-14,16H,5-12H2,1-4H3. The number of carbonyl (C=O) groups is 1. The van der Waals surface area contributed by atoms with Gasteiger partial charge in [0.15, 0.2) is 0 Å². The van der Waals surface area contributed by atoms with Crippen molar-refractivity contribution in [3.8, 4) is 0 Å². The van der Waals surface area contributed by atoms with Crippen LogP contribution in [0.2, 0.25) is 0 Å². The van der Waals surface area contributed by atoms with Crippen LogP contribution in [0.1, 0.15) is 53.4 Å². The molecule has 1 fully saturated rings. The fraction of sp³-hybridized carbons (Fsp3) is 0.933. The van der Waals surface area contributed by atoms with Crippen molar-refractivity contribution in [1.29, 1.82) is 0 Å². The number of hydrogen-bond donors (Lipinski definition) is 1. The van der Waals surface area contributed by atoms with Gasteiger partial charge in [-0.3, -0.25) is 10.1 Å². The topological polar surface area (TPSA) is 35.6 Å². The van der Waals surface area contributed by atoms with Gasteiger partial charge in [0.25, 0.3) is 0 Å². The summed E-state index contributed by atoms with van der Waals surface area (Å²) >= 11 is 0. The van der Waals surface area contributed by atoms with Crippen molar-refractivity contribution < 1.29 is 4.79 Å². The molecule has 0 aromatic carbocycles. The van der Waals surface area contributed by atoms with Gasteiger partial charge in [-0.25, -0.2) is 0 Å². The molecular weight excluding hydrogens is 238 g/mol. The van der Waals surface area contributed by atoms with Crippen molar-refractivity contribution in [2.45, 2.75) is 65.6 Å². The maximum Gasteiger partial charge on any atom is 0.241 e. The third kappa shape index (κ3) is 4.46. The molecule has 1 heterocycles. The molecule has 1 saturated heterocycles. The molecule has 1 amide bonds. The first-order valence-electron chi connectivity index (χ1n) is 7.96.